The summed E-state index contributed by atoms with van der Waals surface area (Å²) in [5.74, 6) is -0.153. The van der Waals surface area contributed by atoms with Gasteiger partial charge in [0, 0.05) is 12.6 Å². The van der Waals surface area contributed by atoms with Gasteiger partial charge in [-0.3, -0.25) is 9.59 Å². The van der Waals surface area contributed by atoms with Gasteiger partial charge in [0.05, 0.1) is 20.6 Å². The molecule has 23 heavy (non-hydrogen) atoms. The molecule has 2 aromatic rings. The van der Waals surface area contributed by atoms with Crippen molar-refractivity contribution in [2.75, 3.05) is 16.8 Å². The first-order chi connectivity index (χ1) is 11.1. The molecule has 7 heteroatoms. The highest BCUT2D eigenvalue weighted by Gasteiger charge is 2.41. The van der Waals surface area contributed by atoms with Gasteiger partial charge in [0.25, 0.3) is 5.91 Å². The maximum atomic E-state index is 12.3. The van der Waals surface area contributed by atoms with Crippen LogP contribution in [0.2, 0.25) is 4.34 Å². The molecule has 2 N–H and O–H groups in total. The zero-order valence-electron chi connectivity index (χ0n) is 12.1. The highest BCUT2D eigenvalue weighted by Crippen LogP contribution is 2.36. The van der Waals surface area contributed by atoms with Gasteiger partial charge in [-0.05, 0) is 30.7 Å². The highest BCUT2D eigenvalue weighted by molar-refractivity contribution is 7.18. The van der Waals surface area contributed by atoms with E-state index in [1.54, 1.807) is 12.1 Å². The van der Waals surface area contributed by atoms with Crippen molar-refractivity contribution in [3.63, 3.8) is 0 Å². The molecule has 1 saturated heterocycles. The minimum atomic E-state index is -0.234. The topological polar surface area (TPSA) is 61.4 Å². The Bertz CT molecular complexity index is 791. The van der Waals surface area contributed by atoms with Crippen LogP contribution in [0.3, 0.4) is 0 Å². The molecule has 1 aromatic carbocycles. The van der Waals surface area contributed by atoms with Crippen LogP contribution in [0.4, 0.5) is 11.4 Å². The molecule has 2 unspecified atom stereocenters. The fourth-order valence-electron chi connectivity index (χ4n) is 3.19. The average molecular weight is 348 g/mol. The Morgan fingerprint density at radius 1 is 1.30 bits per heavy atom. The van der Waals surface area contributed by atoms with Crippen LogP contribution in [0, 0.1) is 0 Å². The molecule has 0 saturated carbocycles. The van der Waals surface area contributed by atoms with E-state index in [9.17, 15) is 9.59 Å². The number of anilines is 2. The number of nitrogens with zero attached hydrogens (tertiary/aromatic N) is 1. The van der Waals surface area contributed by atoms with Crippen LogP contribution in [0.15, 0.2) is 36.4 Å². The molecular formula is C16H14ClN3O2S. The second-order valence-electron chi connectivity index (χ2n) is 5.68. The molecule has 3 heterocycles. The molecule has 2 aliphatic heterocycles. The number of carbonyl (C=O) groups excluding carboxylic acids is 2. The molecule has 1 aromatic heterocycles. The van der Waals surface area contributed by atoms with Crippen LogP contribution in [-0.4, -0.2) is 30.4 Å². The fourth-order valence-corrected chi connectivity index (χ4v) is 4.14. The molecule has 2 atom stereocenters. The third kappa shape index (κ3) is 2.58. The zero-order valence-corrected chi connectivity index (χ0v) is 13.7. The molecule has 0 spiro atoms. The lowest BCUT2D eigenvalue weighted by molar-refractivity contribution is -0.117. The largest absolute Gasteiger partial charge is 0.356 e. The zero-order chi connectivity index (χ0) is 16.0. The Balaban J connectivity index is 1.52. The Kier molecular flexibility index (Phi) is 3.50. The van der Waals surface area contributed by atoms with Crippen LogP contribution in [0.25, 0.3) is 0 Å². The monoisotopic (exact) mass is 347 g/mol. The van der Waals surface area contributed by atoms with Crippen LogP contribution in [0.5, 0.6) is 0 Å². The number of fused-ring (bicyclic) bond motifs is 3. The molecule has 1 fully saturated rings. The minimum Gasteiger partial charge on any atom is -0.356 e. The van der Waals surface area contributed by atoms with Crippen molar-refractivity contribution in [3.8, 4) is 0 Å². The standard InChI is InChI=1S/C16H14ClN3O2S/c17-14-6-5-13(23-14)16(22)18-9-7-12-15(21)19-10-3-1-2-4-11(10)20(12)8-9/h1-6,9,12H,7-8H2,(H,18,22)(H,19,21). The summed E-state index contributed by atoms with van der Waals surface area (Å²) >= 11 is 7.13. The van der Waals surface area contributed by atoms with Crippen molar-refractivity contribution >= 4 is 46.1 Å². The summed E-state index contributed by atoms with van der Waals surface area (Å²) in [5, 5.41) is 5.94. The summed E-state index contributed by atoms with van der Waals surface area (Å²) in [6.45, 7) is 0.625. The Labute approximate surface area is 142 Å². The van der Waals surface area contributed by atoms with Gasteiger partial charge in [0.15, 0.2) is 0 Å². The summed E-state index contributed by atoms with van der Waals surface area (Å²) in [5.41, 5.74) is 1.83. The van der Waals surface area contributed by atoms with Crippen LogP contribution >= 0.6 is 22.9 Å². The molecule has 5 nitrogen and oxygen atoms in total. The Morgan fingerprint density at radius 3 is 2.91 bits per heavy atom. The van der Waals surface area contributed by atoms with E-state index in [0.717, 1.165) is 11.4 Å². The summed E-state index contributed by atoms with van der Waals surface area (Å²) in [4.78, 5) is 27.2. The summed E-state index contributed by atoms with van der Waals surface area (Å²) in [6, 6.07) is 10.9. The van der Waals surface area contributed by atoms with Crippen molar-refractivity contribution in [1.29, 1.82) is 0 Å². The Morgan fingerprint density at radius 2 is 2.13 bits per heavy atom. The van der Waals surface area contributed by atoms with Crippen molar-refractivity contribution in [2.24, 2.45) is 0 Å². The molecular weight excluding hydrogens is 334 g/mol. The predicted octanol–water partition coefficient (Wildman–Crippen LogP) is 2.73. The minimum absolute atomic E-state index is 0.0142. The second kappa shape index (κ2) is 5.54. The van der Waals surface area contributed by atoms with Crippen molar-refractivity contribution in [1.82, 2.24) is 5.32 Å². The SMILES string of the molecule is O=C(NC1CC2C(=O)Nc3ccccc3N2C1)c1ccc(Cl)s1. The third-order valence-electron chi connectivity index (χ3n) is 4.21. The first-order valence-electron chi connectivity index (χ1n) is 7.34. The van der Waals surface area contributed by atoms with Crippen LogP contribution < -0.4 is 15.5 Å². The van der Waals surface area contributed by atoms with E-state index in [1.165, 1.54) is 11.3 Å². The number of hydrogen-bond acceptors (Lipinski definition) is 4. The smallest absolute Gasteiger partial charge is 0.261 e. The van der Waals surface area contributed by atoms with E-state index in [4.69, 9.17) is 11.6 Å². The number of hydrogen-bond donors (Lipinski definition) is 2. The van der Waals surface area contributed by atoms with E-state index in [1.807, 2.05) is 24.3 Å². The molecule has 0 aliphatic carbocycles. The van der Waals surface area contributed by atoms with Gasteiger partial charge in [0.2, 0.25) is 5.91 Å². The van der Waals surface area contributed by atoms with Gasteiger partial charge in [-0.15, -0.1) is 11.3 Å². The van der Waals surface area contributed by atoms with E-state index in [0.29, 0.717) is 22.2 Å². The first-order valence-corrected chi connectivity index (χ1v) is 8.54. The lowest BCUT2D eigenvalue weighted by Gasteiger charge is -2.32. The first kappa shape index (κ1) is 14.5. The van der Waals surface area contributed by atoms with Gasteiger partial charge in [-0.25, -0.2) is 0 Å². The van der Waals surface area contributed by atoms with Crippen LogP contribution in [0.1, 0.15) is 16.1 Å². The van der Waals surface area contributed by atoms with Crippen molar-refractivity contribution in [2.45, 2.75) is 18.5 Å². The normalized spacial score (nSPS) is 22.3. The number of nitrogens with one attached hydrogen (secondary N) is 2. The maximum absolute atomic E-state index is 12.3. The highest BCUT2D eigenvalue weighted by atomic mass is 35.5. The van der Waals surface area contributed by atoms with Gasteiger partial charge in [-0.1, -0.05) is 23.7 Å². The third-order valence-corrected chi connectivity index (χ3v) is 5.44. The van der Waals surface area contributed by atoms with E-state index < -0.39 is 0 Å². The van der Waals surface area contributed by atoms with Gasteiger partial charge in [0.1, 0.15) is 6.04 Å². The summed E-state index contributed by atoms with van der Waals surface area (Å²) < 4.78 is 0.590. The van der Waals surface area contributed by atoms with Crippen LogP contribution in [-0.2, 0) is 4.79 Å². The lowest BCUT2D eigenvalue weighted by atomic mass is 10.1. The second-order valence-corrected chi connectivity index (χ2v) is 7.40. The number of rotatable bonds is 2. The summed E-state index contributed by atoms with van der Waals surface area (Å²) in [6.07, 6.45) is 0.602. The predicted molar refractivity (Wildman–Crippen MR) is 91.4 cm³/mol. The molecule has 0 bridgehead atoms. The molecule has 2 aliphatic rings. The van der Waals surface area contributed by atoms with Crippen molar-refractivity contribution in [3.05, 3.63) is 45.6 Å². The maximum Gasteiger partial charge on any atom is 0.261 e. The van der Waals surface area contributed by atoms with E-state index in [-0.39, 0.29) is 23.9 Å². The molecule has 4 rings (SSSR count). The molecule has 0 radical (unpaired) electrons. The number of carbonyl (C=O) groups is 2. The van der Waals surface area contributed by atoms with Gasteiger partial charge in [-0.2, -0.15) is 0 Å². The number of amides is 2. The number of benzene rings is 1. The molecule has 2 amide bonds. The van der Waals surface area contributed by atoms with E-state index >= 15 is 0 Å². The van der Waals surface area contributed by atoms with Crippen molar-refractivity contribution < 1.29 is 9.59 Å². The Hall–Kier alpha value is -2.05. The summed E-state index contributed by atoms with van der Waals surface area (Å²) in [7, 11) is 0. The lowest BCUT2D eigenvalue weighted by Crippen LogP contribution is -2.43. The van der Waals surface area contributed by atoms with Gasteiger partial charge >= 0.3 is 0 Å². The fraction of sp³-hybridized carbons (Fsp3) is 0.250. The quantitative estimate of drug-likeness (QED) is 0.878. The van der Waals surface area contributed by atoms with E-state index in [2.05, 4.69) is 15.5 Å². The number of thiophene rings is 1. The molecule has 118 valence electrons. The van der Waals surface area contributed by atoms with Gasteiger partial charge < -0.3 is 15.5 Å². The average Bonchev–Trinajstić information content (AvgIpc) is 3.14. The number of halogens is 1. The number of para-hydroxylation sites is 2.